The van der Waals surface area contributed by atoms with Gasteiger partial charge in [-0.25, -0.2) is 10.8 Å². The number of amides is 1. The summed E-state index contributed by atoms with van der Waals surface area (Å²) in [6.45, 7) is 2.45. The number of nitrogen functional groups attached to an aromatic ring is 1. The number of hydrazine groups is 1. The summed E-state index contributed by atoms with van der Waals surface area (Å²) in [5, 5.41) is 3.21. The van der Waals surface area contributed by atoms with Gasteiger partial charge in [-0.15, -0.1) is 0 Å². The largest absolute Gasteiger partial charge is 0.384 e. The predicted octanol–water partition coefficient (Wildman–Crippen LogP) is 1.18. The highest BCUT2D eigenvalue weighted by Gasteiger charge is 2.15. The monoisotopic (exact) mass is 263 g/mol. The Morgan fingerprint density at radius 3 is 2.89 bits per heavy atom. The van der Waals surface area contributed by atoms with Gasteiger partial charge in [-0.2, -0.15) is 0 Å². The molecule has 0 radical (unpaired) electrons. The van der Waals surface area contributed by atoms with Crippen molar-refractivity contribution >= 4 is 17.4 Å². The summed E-state index contributed by atoms with van der Waals surface area (Å²) in [6.07, 6.45) is 5.70. The van der Waals surface area contributed by atoms with E-state index in [2.05, 4.69) is 15.7 Å². The van der Waals surface area contributed by atoms with E-state index < -0.39 is 0 Å². The van der Waals surface area contributed by atoms with Crippen LogP contribution >= 0.6 is 0 Å². The van der Waals surface area contributed by atoms with Gasteiger partial charge in [0.25, 0.3) is 0 Å². The van der Waals surface area contributed by atoms with Crippen molar-refractivity contribution in [2.75, 3.05) is 30.4 Å². The van der Waals surface area contributed by atoms with E-state index in [9.17, 15) is 4.79 Å². The molecule has 0 aliphatic carbocycles. The number of rotatable bonds is 5. The Morgan fingerprint density at radius 1 is 1.37 bits per heavy atom. The summed E-state index contributed by atoms with van der Waals surface area (Å²) in [4.78, 5) is 17.9. The van der Waals surface area contributed by atoms with E-state index in [-0.39, 0.29) is 5.91 Å². The number of hydrogen-bond acceptors (Lipinski definition) is 5. The third-order valence-corrected chi connectivity index (χ3v) is 3.28. The van der Waals surface area contributed by atoms with Crippen LogP contribution in [-0.2, 0) is 4.79 Å². The molecule has 0 atom stereocenters. The highest BCUT2D eigenvalue weighted by atomic mass is 16.2. The number of anilines is 2. The van der Waals surface area contributed by atoms with Gasteiger partial charge in [0.2, 0.25) is 5.91 Å². The van der Waals surface area contributed by atoms with Crippen LogP contribution in [0.3, 0.4) is 0 Å². The average molecular weight is 263 g/mol. The molecule has 0 saturated carbocycles. The van der Waals surface area contributed by atoms with Gasteiger partial charge in [0.1, 0.15) is 5.82 Å². The maximum absolute atomic E-state index is 12.0. The number of likely N-dealkylation sites (tertiary alicyclic amines) is 1. The molecule has 0 aromatic carbocycles. The first-order valence-corrected chi connectivity index (χ1v) is 6.74. The van der Waals surface area contributed by atoms with Crippen LogP contribution < -0.4 is 16.6 Å². The SMILES string of the molecule is NNc1cc(NCCC(=O)N2CCCCC2)ccn1. The Bertz CT molecular complexity index is 417. The van der Waals surface area contributed by atoms with Gasteiger partial charge < -0.3 is 15.6 Å². The van der Waals surface area contributed by atoms with Crippen LogP contribution in [0.1, 0.15) is 25.7 Å². The van der Waals surface area contributed by atoms with Crippen molar-refractivity contribution in [2.24, 2.45) is 5.84 Å². The van der Waals surface area contributed by atoms with Crippen LogP contribution in [0.25, 0.3) is 0 Å². The van der Waals surface area contributed by atoms with Gasteiger partial charge in [0.15, 0.2) is 0 Å². The average Bonchev–Trinajstić information content (AvgIpc) is 2.48. The Kier molecular flexibility index (Phi) is 4.97. The second-order valence-electron chi connectivity index (χ2n) is 4.69. The minimum Gasteiger partial charge on any atom is -0.384 e. The van der Waals surface area contributed by atoms with Gasteiger partial charge in [-0.05, 0) is 25.3 Å². The summed E-state index contributed by atoms with van der Waals surface area (Å²) in [6, 6.07) is 3.66. The molecule has 0 spiro atoms. The Balaban J connectivity index is 1.74. The number of nitrogens with two attached hydrogens (primary N) is 1. The topological polar surface area (TPSA) is 83.3 Å². The normalized spacial score (nSPS) is 15.1. The van der Waals surface area contributed by atoms with Gasteiger partial charge in [-0.3, -0.25) is 4.79 Å². The van der Waals surface area contributed by atoms with Crippen molar-refractivity contribution in [1.82, 2.24) is 9.88 Å². The molecule has 0 unspecified atom stereocenters. The molecule has 1 fully saturated rings. The fourth-order valence-electron chi connectivity index (χ4n) is 2.23. The number of nitrogens with one attached hydrogen (secondary N) is 2. The van der Waals surface area contributed by atoms with E-state index in [1.807, 2.05) is 17.0 Å². The molecule has 2 heterocycles. The van der Waals surface area contributed by atoms with Crippen LogP contribution in [0.4, 0.5) is 11.5 Å². The van der Waals surface area contributed by atoms with Crippen molar-refractivity contribution in [3.8, 4) is 0 Å². The zero-order chi connectivity index (χ0) is 13.5. The fourth-order valence-corrected chi connectivity index (χ4v) is 2.23. The molecule has 6 heteroatoms. The van der Waals surface area contributed by atoms with E-state index >= 15 is 0 Å². The van der Waals surface area contributed by atoms with Crippen LogP contribution in [0.5, 0.6) is 0 Å². The van der Waals surface area contributed by atoms with Crippen LogP contribution in [0.2, 0.25) is 0 Å². The number of pyridine rings is 1. The maximum atomic E-state index is 12.0. The standard InChI is InChI=1S/C13H21N5O/c14-17-12-10-11(4-6-16-12)15-7-5-13(19)18-8-2-1-3-9-18/h4,6,10H,1-3,5,7-9,14H2,(H2,15,16,17). The molecule has 6 nitrogen and oxygen atoms in total. The van der Waals surface area contributed by atoms with Gasteiger partial charge in [0, 0.05) is 44.0 Å². The molecule has 1 amide bonds. The number of carbonyl (C=O) groups excluding carboxylic acids is 1. The zero-order valence-electron chi connectivity index (χ0n) is 11.1. The molecule has 1 aromatic rings. The summed E-state index contributed by atoms with van der Waals surface area (Å²) in [7, 11) is 0. The minimum absolute atomic E-state index is 0.235. The van der Waals surface area contributed by atoms with Gasteiger partial charge in [-0.1, -0.05) is 0 Å². The van der Waals surface area contributed by atoms with Crippen molar-refractivity contribution in [3.05, 3.63) is 18.3 Å². The number of hydrogen-bond donors (Lipinski definition) is 3. The van der Waals surface area contributed by atoms with E-state index in [1.54, 1.807) is 6.20 Å². The highest BCUT2D eigenvalue weighted by molar-refractivity contribution is 5.76. The molecule has 104 valence electrons. The zero-order valence-corrected chi connectivity index (χ0v) is 11.1. The third kappa shape index (κ3) is 4.10. The van der Waals surface area contributed by atoms with Crippen LogP contribution in [0.15, 0.2) is 18.3 Å². The molecule has 19 heavy (non-hydrogen) atoms. The first-order chi connectivity index (χ1) is 9.29. The van der Waals surface area contributed by atoms with E-state index in [0.29, 0.717) is 18.8 Å². The third-order valence-electron chi connectivity index (χ3n) is 3.28. The second-order valence-corrected chi connectivity index (χ2v) is 4.69. The van der Waals surface area contributed by atoms with Crippen LogP contribution in [-0.4, -0.2) is 35.4 Å². The lowest BCUT2D eigenvalue weighted by molar-refractivity contribution is -0.131. The van der Waals surface area contributed by atoms with Crippen molar-refractivity contribution in [3.63, 3.8) is 0 Å². The van der Waals surface area contributed by atoms with E-state index in [4.69, 9.17) is 5.84 Å². The lowest BCUT2D eigenvalue weighted by atomic mass is 10.1. The first-order valence-electron chi connectivity index (χ1n) is 6.74. The van der Waals surface area contributed by atoms with Crippen molar-refractivity contribution < 1.29 is 4.79 Å². The lowest BCUT2D eigenvalue weighted by Gasteiger charge is -2.26. The molecular weight excluding hydrogens is 242 g/mol. The molecule has 4 N–H and O–H groups in total. The maximum Gasteiger partial charge on any atom is 0.224 e. The quantitative estimate of drug-likeness (QED) is 0.549. The van der Waals surface area contributed by atoms with Crippen molar-refractivity contribution in [1.29, 1.82) is 0 Å². The molecule has 0 bridgehead atoms. The van der Waals surface area contributed by atoms with Gasteiger partial charge >= 0.3 is 0 Å². The number of piperidine rings is 1. The Labute approximate surface area is 113 Å². The number of aromatic nitrogens is 1. The van der Waals surface area contributed by atoms with Crippen molar-refractivity contribution in [2.45, 2.75) is 25.7 Å². The molecule has 1 aliphatic heterocycles. The summed E-state index contributed by atoms with van der Waals surface area (Å²) in [5.74, 6) is 6.13. The van der Waals surface area contributed by atoms with E-state index in [0.717, 1.165) is 31.6 Å². The summed E-state index contributed by atoms with van der Waals surface area (Å²) >= 11 is 0. The lowest BCUT2D eigenvalue weighted by Crippen LogP contribution is -2.36. The molecule has 1 saturated heterocycles. The second kappa shape index (κ2) is 6.94. The molecule has 2 rings (SSSR count). The molecule has 1 aromatic heterocycles. The predicted molar refractivity (Wildman–Crippen MR) is 75.6 cm³/mol. The van der Waals surface area contributed by atoms with Crippen LogP contribution in [0, 0.1) is 0 Å². The first kappa shape index (κ1) is 13.6. The van der Waals surface area contributed by atoms with E-state index in [1.165, 1.54) is 6.42 Å². The van der Waals surface area contributed by atoms with Gasteiger partial charge in [0.05, 0.1) is 0 Å². The molecular formula is C13H21N5O. The summed E-state index contributed by atoms with van der Waals surface area (Å²) in [5.41, 5.74) is 3.40. The highest BCUT2D eigenvalue weighted by Crippen LogP contribution is 2.12. The summed E-state index contributed by atoms with van der Waals surface area (Å²) < 4.78 is 0. The Morgan fingerprint density at radius 2 is 2.16 bits per heavy atom. The fraction of sp³-hybridized carbons (Fsp3) is 0.538. The molecule has 1 aliphatic rings. The smallest absolute Gasteiger partial charge is 0.224 e. The minimum atomic E-state index is 0.235. The number of carbonyl (C=O) groups is 1. The Hall–Kier alpha value is -1.82. The number of nitrogens with zero attached hydrogens (tertiary/aromatic N) is 2.